The summed E-state index contributed by atoms with van der Waals surface area (Å²) in [6, 6.07) is 8.40. The molecule has 26 heavy (non-hydrogen) atoms. The summed E-state index contributed by atoms with van der Waals surface area (Å²) in [7, 11) is 0. The number of aliphatic hydroxyl groups excluding tert-OH is 1. The maximum absolute atomic E-state index is 14.0. The number of amides is 1. The molecule has 0 fully saturated rings. The van der Waals surface area contributed by atoms with Crippen LogP contribution in [0.3, 0.4) is 0 Å². The lowest BCUT2D eigenvalue weighted by molar-refractivity contribution is -0.0408. The first-order chi connectivity index (χ1) is 12.3. The van der Waals surface area contributed by atoms with E-state index in [0.29, 0.717) is 12.1 Å². The van der Waals surface area contributed by atoms with Crippen LogP contribution in [-0.2, 0) is 4.84 Å². The van der Waals surface area contributed by atoms with Gasteiger partial charge >= 0.3 is 0 Å². The van der Waals surface area contributed by atoms with Crippen molar-refractivity contribution in [2.24, 2.45) is 0 Å². The Morgan fingerprint density at radius 1 is 1.35 bits per heavy atom. The van der Waals surface area contributed by atoms with Crippen LogP contribution in [0.4, 0.5) is 15.8 Å². The van der Waals surface area contributed by atoms with Crippen LogP contribution >= 0.6 is 38.5 Å². The zero-order chi connectivity index (χ0) is 19.3. The molecule has 1 amide bonds. The van der Waals surface area contributed by atoms with Crippen molar-refractivity contribution in [2.45, 2.75) is 26.4 Å². The lowest BCUT2D eigenvalue weighted by atomic mass is 10.1. The van der Waals surface area contributed by atoms with Crippen LogP contribution in [0.25, 0.3) is 0 Å². The Kier molecular flexibility index (Phi) is 7.81. The van der Waals surface area contributed by atoms with Crippen molar-refractivity contribution in [1.29, 1.82) is 0 Å². The Bertz CT molecular complexity index is 800. The van der Waals surface area contributed by atoms with E-state index < -0.39 is 17.8 Å². The molecule has 5 nitrogen and oxygen atoms in total. The normalized spacial score (nSPS) is 11.9. The molecule has 0 radical (unpaired) electrons. The molecule has 0 heterocycles. The highest BCUT2D eigenvalue weighted by atomic mass is 127. The van der Waals surface area contributed by atoms with Gasteiger partial charge in [0.2, 0.25) is 0 Å². The van der Waals surface area contributed by atoms with Gasteiger partial charge < -0.3 is 10.4 Å². The molecule has 0 bridgehead atoms. The minimum absolute atomic E-state index is 0.168. The summed E-state index contributed by atoms with van der Waals surface area (Å²) in [6.45, 7) is 3.54. The molecule has 0 aromatic heterocycles. The van der Waals surface area contributed by atoms with E-state index in [4.69, 9.17) is 9.94 Å². The Morgan fingerprint density at radius 3 is 2.69 bits per heavy atom. The van der Waals surface area contributed by atoms with Crippen molar-refractivity contribution in [3.8, 4) is 0 Å². The zero-order valence-corrected chi connectivity index (χ0v) is 18.0. The molecule has 0 aliphatic carbocycles. The van der Waals surface area contributed by atoms with Gasteiger partial charge in [-0.3, -0.25) is 9.63 Å². The fourth-order valence-corrected chi connectivity index (χ4v) is 3.18. The Hall–Kier alpha value is -1.23. The number of halogens is 3. The molecule has 0 aliphatic rings. The molecular weight excluding hydrogens is 518 g/mol. The zero-order valence-electron chi connectivity index (χ0n) is 14.3. The number of nitrogens with one attached hydrogen (secondary N) is 2. The number of rotatable bonds is 7. The minimum Gasteiger partial charge on any atom is -0.394 e. The molecule has 140 valence electrons. The van der Waals surface area contributed by atoms with Gasteiger partial charge in [0.05, 0.1) is 22.3 Å². The molecule has 1 atom stereocenters. The predicted molar refractivity (Wildman–Crippen MR) is 111 cm³/mol. The second-order valence-electron chi connectivity index (χ2n) is 5.66. The molecular formula is C18H19BrFIN2O3. The smallest absolute Gasteiger partial charge is 0.277 e. The standard InChI is InChI=1S/C18H19BrFIN2O3/c1-3-12(9-24)26-23-18(25)13-7-14(19)15(20)8-17(13)22-16-5-4-11(21)6-10(16)2/h4-8,12,22,24H,3,9H2,1-2H3,(H,23,25). The minimum atomic E-state index is -0.539. The highest BCUT2D eigenvalue weighted by Gasteiger charge is 2.17. The van der Waals surface area contributed by atoms with Crippen molar-refractivity contribution in [3.63, 3.8) is 0 Å². The van der Waals surface area contributed by atoms with E-state index in [2.05, 4.69) is 49.3 Å². The lowest BCUT2D eigenvalue weighted by Crippen LogP contribution is -2.31. The van der Waals surface area contributed by atoms with Crippen LogP contribution in [0.5, 0.6) is 0 Å². The third kappa shape index (κ3) is 5.38. The van der Waals surface area contributed by atoms with Gasteiger partial charge in [0, 0.05) is 9.26 Å². The second kappa shape index (κ2) is 9.63. The topological polar surface area (TPSA) is 70.6 Å². The van der Waals surface area contributed by atoms with Gasteiger partial charge in [-0.2, -0.15) is 0 Å². The molecule has 2 rings (SSSR count). The summed E-state index contributed by atoms with van der Waals surface area (Å²) in [5.41, 5.74) is 4.57. The Balaban J connectivity index is 2.30. The van der Waals surface area contributed by atoms with Crippen LogP contribution < -0.4 is 10.8 Å². The molecule has 2 aromatic rings. The quantitative estimate of drug-likeness (QED) is 0.355. The third-order valence-corrected chi connectivity index (χ3v) is 5.02. The Labute approximate surface area is 173 Å². The first-order valence-electron chi connectivity index (χ1n) is 7.94. The van der Waals surface area contributed by atoms with Crippen molar-refractivity contribution in [2.75, 3.05) is 11.9 Å². The number of carbonyl (C=O) groups is 1. The van der Waals surface area contributed by atoms with Gasteiger partial charge in [0.15, 0.2) is 0 Å². The molecule has 2 aromatic carbocycles. The van der Waals surface area contributed by atoms with E-state index in [1.54, 1.807) is 0 Å². The van der Waals surface area contributed by atoms with E-state index in [-0.39, 0.29) is 16.6 Å². The van der Waals surface area contributed by atoms with Crippen molar-refractivity contribution in [3.05, 3.63) is 55.3 Å². The first kappa shape index (κ1) is 21.1. The second-order valence-corrected chi connectivity index (χ2v) is 7.76. The van der Waals surface area contributed by atoms with Gasteiger partial charge in [0.25, 0.3) is 5.91 Å². The van der Waals surface area contributed by atoms with Crippen molar-refractivity contribution < 1.29 is 19.1 Å². The number of aliphatic hydroxyl groups is 1. The molecule has 8 heteroatoms. The monoisotopic (exact) mass is 536 g/mol. The molecule has 0 spiro atoms. The summed E-state index contributed by atoms with van der Waals surface area (Å²) >= 11 is 5.31. The molecule has 3 N–H and O–H groups in total. The fraction of sp³-hybridized carbons (Fsp3) is 0.278. The number of aryl methyl sites for hydroxylation is 1. The van der Waals surface area contributed by atoms with Crippen LogP contribution in [0, 0.1) is 16.3 Å². The third-order valence-electron chi connectivity index (χ3n) is 3.74. The molecule has 1 unspecified atom stereocenters. The number of carbonyl (C=O) groups excluding carboxylic acids is 1. The average Bonchev–Trinajstić information content (AvgIpc) is 2.61. The van der Waals surface area contributed by atoms with Crippen molar-refractivity contribution in [1.82, 2.24) is 5.48 Å². The molecule has 0 saturated heterocycles. The number of hydrogen-bond donors (Lipinski definition) is 3. The highest BCUT2D eigenvalue weighted by Crippen LogP contribution is 2.29. The van der Waals surface area contributed by atoms with E-state index >= 15 is 0 Å². The maximum Gasteiger partial charge on any atom is 0.277 e. The summed E-state index contributed by atoms with van der Waals surface area (Å²) < 4.78 is 15.3. The summed E-state index contributed by atoms with van der Waals surface area (Å²) in [6.07, 6.45) is 0.0364. The van der Waals surface area contributed by atoms with Gasteiger partial charge in [-0.1, -0.05) is 6.92 Å². The fourth-order valence-electron chi connectivity index (χ4n) is 2.19. The number of anilines is 2. The number of hydroxylamine groups is 1. The van der Waals surface area contributed by atoms with Crippen LogP contribution in [0.1, 0.15) is 29.3 Å². The van der Waals surface area contributed by atoms with E-state index in [1.807, 2.05) is 32.0 Å². The number of benzene rings is 2. The summed E-state index contributed by atoms with van der Waals surface area (Å²) in [5.74, 6) is -1.03. The van der Waals surface area contributed by atoms with Gasteiger partial charge in [0.1, 0.15) is 11.9 Å². The maximum atomic E-state index is 14.0. The van der Waals surface area contributed by atoms with Gasteiger partial charge in [-0.15, -0.1) is 0 Å². The average molecular weight is 537 g/mol. The molecule has 0 aliphatic heterocycles. The SMILES string of the molecule is CCC(CO)ONC(=O)c1cc(Br)c(F)cc1Nc1ccc(I)cc1C. The van der Waals surface area contributed by atoms with E-state index in [9.17, 15) is 9.18 Å². The summed E-state index contributed by atoms with van der Waals surface area (Å²) in [4.78, 5) is 17.7. The van der Waals surface area contributed by atoms with E-state index in [0.717, 1.165) is 14.8 Å². The van der Waals surface area contributed by atoms with Gasteiger partial charge in [-0.05, 0) is 87.8 Å². The van der Waals surface area contributed by atoms with Crippen LogP contribution in [0.15, 0.2) is 34.8 Å². The first-order valence-corrected chi connectivity index (χ1v) is 9.82. The molecule has 0 saturated carbocycles. The summed E-state index contributed by atoms with van der Waals surface area (Å²) in [5, 5.41) is 12.2. The predicted octanol–water partition coefficient (Wildman–Crippen LogP) is 4.68. The highest BCUT2D eigenvalue weighted by molar-refractivity contribution is 14.1. The van der Waals surface area contributed by atoms with E-state index in [1.165, 1.54) is 12.1 Å². The van der Waals surface area contributed by atoms with Crippen LogP contribution in [-0.4, -0.2) is 23.7 Å². The number of hydrogen-bond acceptors (Lipinski definition) is 4. The van der Waals surface area contributed by atoms with Crippen molar-refractivity contribution >= 4 is 55.8 Å². The van der Waals surface area contributed by atoms with Gasteiger partial charge in [-0.25, -0.2) is 9.87 Å². The Morgan fingerprint density at radius 2 is 2.08 bits per heavy atom. The lowest BCUT2D eigenvalue weighted by Gasteiger charge is -2.17. The largest absolute Gasteiger partial charge is 0.394 e. The van der Waals surface area contributed by atoms with Crippen LogP contribution in [0.2, 0.25) is 0 Å².